The highest BCUT2D eigenvalue weighted by atomic mass is 16.5. The fourth-order valence-electron chi connectivity index (χ4n) is 10.9. The second-order valence-corrected chi connectivity index (χ2v) is 23.9. The molecule has 1 aromatic rings. The Kier molecular flexibility index (Phi) is 35.2. The molecule has 0 fully saturated rings. The molecule has 1 heterocycles. The normalized spacial score (nSPS) is 16.2. The maximum Gasteiger partial charge on any atom is 0.311 e. The number of nitrogens with one attached hydrogen (secondary N) is 1. The molecule has 0 aromatic heterocycles. The molecule has 4 atom stereocenters. The van der Waals surface area contributed by atoms with Crippen molar-refractivity contribution in [3.8, 4) is 11.5 Å². The summed E-state index contributed by atoms with van der Waals surface area (Å²) in [6.07, 6.45) is 43.7. The molecular formula is C63H116NO5+. The van der Waals surface area contributed by atoms with E-state index < -0.39 is 0 Å². The molecule has 6 nitrogen and oxygen atoms in total. The summed E-state index contributed by atoms with van der Waals surface area (Å²) in [6.45, 7) is 21.8. The Morgan fingerprint density at radius 3 is 1.65 bits per heavy atom. The standard InChI is InChI=1S/C63H115NO5/c1-12-14-16-18-20-27-41-58(42-28-21-19-17-15-13-2)67-60(65)43-29-23-22-25-39-56(46-49-64(10)11)40-26-24-30-44-61(66)68-59-50-57-45-48-63(9,69-62(57)55(8)54(59)7)47-33-38-53(6)37-32-36-52(5)35-31-34-51(3)4/h50-53,56,58H,12-49H2,1-11H3/p+1. The smallest absolute Gasteiger partial charge is 0.311 e. The van der Waals surface area contributed by atoms with Crippen LogP contribution < -0.4 is 14.4 Å². The molecule has 69 heavy (non-hydrogen) atoms. The largest absolute Gasteiger partial charge is 0.487 e. The molecule has 2 rings (SSSR count). The Labute approximate surface area is 429 Å². The highest BCUT2D eigenvalue weighted by Crippen LogP contribution is 2.42. The number of carbonyl (C=O) groups excluding carboxylic acids is 2. The number of unbranched alkanes of at least 4 members (excludes halogenated alkanes) is 15. The Morgan fingerprint density at radius 2 is 1.09 bits per heavy atom. The van der Waals surface area contributed by atoms with Crippen molar-refractivity contribution in [1.82, 2.24) is 0 Å². The quantitative estimate of drug-likeness (QED) is 0.0401. The third-order valence-corrected chi connectivity index (χ3v) is 16.0. The van der Waals surface area contributed by atoms with Gasteiger partial charge in [0.1, 0.15) is 23.2 Å². The molecule has 0 radical (unpaired) electrons. The van der Waals surface area contributed by atoms with Crippen LogP contribution in [0, 0.1) is 37.5 Å². The fourth-order valence-corrected chi connectivity index (χ4v) is 10.9. The summed E-state index contributed by atoms with van der Waals surface area (Å²) in [5.41, 5.74) is 3.19. The van der Waals surface area contributed by atoms with Crippen LogP contribution in [-0.2, 0) is 20.7 Å². The number of rotatable bonds is 44. The maximum absolute atomic E-state index is 13.2. The SMILES string of the molecule is CCCCCCCCC(CCCCCCCC)OC(=O)CCCCCCC(CCCCCC(=O)Oc1cc2c(c(C)c1C)OC(C)(CCCC(C)CCCC(C)CCCC(C)C)CC2)CC[NH+](C)C. The van der Waals surface area contributed by atoms with Crippen molar-refractivity contribution in [1.29, 1.82) is 0 Å². The number of hydrogen-bond donors (Lipinski definition) is 1. The summed E-state index contributed by atoms with van der Waals surface area (Å²) in [5, 5.41) is 0. The zero-order chi connectivity index (χ0) is 50.7. The van der Waals surface area contributed by atoms with Crippen molar-refractivity contribution in [2.45, 2.75) is 312 Å². The van der Waals surface area contributed by atoms with Crippen LogP contribution in [0.25, 0.3) is 0 Å². The van der Waals surface area contributed by atoms with Crippen molar-refractivity contribution in [3.05, 3.63) is 22.8 Å². The Hall–Kier alpha value is -2.08. The average molecular weight is 968 g/mol. The Bertz CT molecular complexity index is 1440. The van der Waals surface area contributed by atoms with Crippen molar-refractivity contribution in [3.63, 3.8) is 0 Å². The fraction of sp³-hybridized carbons (Fsp3) is 0.873. The van der Waals surface area contributed by atoms with Gasteiger partial charge in [0.25, 0.3) is 0 Å². The van der Waals surface area contributed by atoms with Crippen LogP contribution >= 0.6 is 0 Å². The lowest BCUT2D eigenvalue weighted by molar-refractivity contribution is -0.858. The first-order valence-electron chi connectivity index (χ1n) is 30.2. The van der Waals surface area contributed by atoms with Gasteiger partial charge in [0, 0.05) is 12.8 Å². The van der Waals surface area contributed by atoms with Gasteiger partial charge in [-0.2, -0.15) is 0 Å². The van der Waals surface area contributed by atoms with E-state index in [-0.39, 0.29) is 23.6 Å². The third kappa shape index (κ3) is 30.5. The van der Waals surface area contributed by atoms with Gasteiger partial charge >= 0.3 is 11.9 Å². The second kappa shape index (κ2) is 38.5. The number of hydrogen-bond acceptors (Lipinski definition) is 5. The van der Waals surface area contributed by atoms with E-state index in [0.717, 1.165) is 105 Å². The predicted octanol–water partition coefficient (Wildman–Crippen LogP) is 17.6. The summed E-state index contributed by atoms with van der Waals surface area (Å²) in [7, 11) is 4.51. The molecule has 0 bridgehead atoms. The van der Waals surface area contributed by atoms with Crippen LogP contribution in [0.3, 0.4) is 0 Å². The first kappa shape index (κ1) is 63.0. The van der Waals surface area contributed by atoms with Gasteiger partial charge in [0.2, 0.25) is 0 Å². The number of quaternary nitrogens is 1. The van der Waals surface area contributed by atoms with Crippen LogP contribution in [0.4, 0.5) is 0 Å². The lowest BCUT2D eigenvalue weighted by atomic mass is 9.85. The maximum atomic E-state index is 13.2. The number of esters is 2. The number of fused-ring (bicyclic) bond motifs is 1. The van der Waals surface area contributed by atoms with E-state index in [1.54, 1.807) is 0 Å². The number of benzene rings is 1. The van der Waals surface area contributed by atoms with E-state index in [0.29, 0.717) is 18.6 Å². The molecule has 0 amide bonds. The zero-order valence-corrected chi connectivity index (χ0v) is 47.9. The monoisotopic (exact) mass is 967 g/mol. The third-order valence-electron chi connectivity index (χ3n) is 16.0. The topological polar surface area (TPSA) is 66.3 Å². The van der Waals surface area contributed by atoms with Crippen molar-refractivity contribution in [2.24, 2.45) is 23.7 Å². The number of ether oxygens (including phenoxy) is 3. The van der Waals surface area contributed by atoms with Crippen molar-refractivity contribution in [2.75, 3.05) is 20.6 Å². The summed E-state index contributed by atoms with van der Waals surface area (Å²) < 4.78 is 19.0. The first-order chi connectivity index (χ1) is 33.2. The Morgan fingerprint density at radius 1 is 0.594 bits per heavy atom. The van der Waals surface area contributed by atoms with Gasteiger partial charge in [-0.1, -0.05) is 196 Å². The summed E-state index contributed by atoms with van der Waals surface area (Å²) in [5.74, 6) is 4.83. The summed E-state index contributed by atoms with van der Waals surface area (Å²) in [6, 6.07) is 2.09. The molecule has 4 unspecified atom stereocenters. The van der Waals surface area contributed by atoms with E-state index in [4.69, 9.17) is 14.2 Å². The summed E-state index contributed by atoms with van der Waals surface area (Å²) in [4.78, 5) is 27.6. The predicted molar refractivity (Wildman–Crippen MR) is 296 cm³/mol. The lowest BCUT2D eigenvalue weighted by Gasteiger charge is -2.37. The van der Waals surface area contributed by atoms with Crippen LogP contribution in [0.15, 0.2) is 6.07 Å². The zero-order valence-electron chi connectivity index (χ0n) is 47.9. The molecular weight excluding hydrogens is 851 g/mol. The first-order valence-corrected chi connectivity index (χ1v) is 30.2. The van der Waals surface area contributed by atoms with Gasteiger partial charge in [0.05, 0.1) is 20.6 Å². The molecule has 0 spiro atoms. The van der Waals surface area contributed by atoms with Crippen molar-refractivity contribution >= 4 is 11.9 Å². The number of carbonyl (C=O) groups is 2. The highest BCUT2D eigenvalue weighted by molar-refractivity contribution is 5.73. The van der Waals surface area contributed by atoms with Gasteiger partial charge in [-0.3, -0.25) is 9.59 Å². The van der Waals surface area contributed by atoms with Crippen molar-refractivity contribution < 1.29 is 28.7 Å². The molecule has 6 heteroatoms. The van der Waals surface area contributed by atoms with E-state index in [9.17, 15) is 9.59 Å². The molecule has 402 valence electrons. The molecule has 0 saturated heterocycles. The molecule has 0 aliphatic carbocycles. The molecule has 1 aliphatic heterocycles. The molecule has 1 aromatic carbocycles. The van der Waals surface area contributed by atoms with E-state index in [2.05, 4.69) is 82.5 Å². The van der Waals surface area contributed by atoms with Gasteiger partial charge in [-0.05, 0) is 138 Å². The van der Waals surface area contributed by atoms with Gasteiger partial charge in [0.15, 0.2) is 0 Å². The molecule has 1 N–H and O–H groups in total. The van der Waals surface area contributed by atoms with Crippen LogP contribution in [0.5, 0.6) is 11.5 Å². The van der Waals surface area contributed by atoms with E-state index >= 15 is 0 Å². The van der Waals surface area contributed by atoms with Gasteiger partial charge < -0.3 is 19.1 Å². The van der Waals surface area contributed by atoms with Crippen LogP contribution in [-0.4, -0.2) is 44.3 Å². The minimum atomic E-state index is -0.139. The second-order valence-electron chi connectivity index (χ2n) is 23.9. The van der Waals surface area contributed by atoms with E-state index in [1.807, 2.05) is 0 Å². The minimum absolute atomic E-state index is 0.0298. The van der Waals surface area contributed by atoms with Gasteiger partial charge in [-0.15, -0.1) is 0 Å². The average Bonchev–Trinajstić information content (AvgIpc) is 3.30. The van der Waals surface area contributed by atoms with Crippen LogP contribution in [0.1, 0.15) is 296 Å². The van der Waals surface area contributed by atoms with Gasteiger partial charge in [-0.25, -0.2) is 0 Å². The lowest BCUT2D eigenvalue weighted by Crippen LogP contribution is -3.05. The molecule has 1 aliphatic rings. The highest BCUT2D eigenvalue weighted by Gasteiger charge is 2.33. The minimum Gasteiger partial charge on any atom is -0.487 e. The summed E-state index contributed by atoms with van der Waals surface area (Å²) >= 11 is 0. The molecule has 0 saturated carbocycles. The number of aryl methyl sites for hydroxylation is 1. The van der Waals surface area contributed by atoms with E-state index in [1.165, 1.54) is 178 Å². The Balaban J connectivity index is 1.70. The van der Waals surface area contributed by atoms with Crippen LogP contribution in [0.2, 0.25) is 0 Å².